The lowest BCUT2D eigenvalue weighted by Crippen LogP contribution is -2.30. The van der Waals surface area contributed by atoms with Crippen LogP contribution in [0.2, 0.25) is 0 Å². The van der Waals surface area contributed by atoms with Crippen LogP contribution in [-0.4, -0.2) is 31.0 Å². The largest absolute Gasteiger partial charge is 0.298 e. The van der Waals surface area contributed by atoms with Gasteiger partial charge in [0.15, 0.2) is 0 Å². The topological polar surface area (TPSA) is 3.24 Å². The average molecular weight is 193 g/mol. The molecule has 1 aliphatic carbocycles. The number of hydrogen-bond donors (Lipinski definition) is 0. The summed E-state index contributed by atoms with van der Waals surface area (Å²) in [5.41, 5.74) is 0. The van der Waals surface area contributed by atoms with E-state index in [0.717, 1.165) is 13.1 Å². The molecule has 1 nitrogen and oxygen atoms in total. The van der Waals surface area contributed by atoms with Gasteiger partial charge in [-0.25, -0.2) is 8.78 Å². The second-order valence-corrected chi connectivity index (χ2v) is 3.19. The zero-order valence-electron chi connectivity index (χ0n) is 8.89. The predicted octanol–water partition coefficient (Wildman–Crippen LogP) is 3.01. The predicted molar refractivity (Wildman–Crippen MR) is 52.2 cm³/mol. The average Bonchev–Trinajstić information content (AvgIpc) is 2.90. The van der Waals surface area contributed by atoms with Crippen LogP contribution in [0, 0.1) is 5.92 Å². The first-order valence-electron chi connectivity index (χ1n) is 5.23. The van der Waals surface area contributed by atoms with E-state index in [0.29, 0.717) is 5.92 Å². The van der Waals surface area contributed by atoms with Gasteiger partial charge in [0.1, 0.15) is 0 Å². The molecule has 0 aromatic rings. The first-order valence-corrected chi connectivity index (χ1v) is 5.23. The highest BCUT2D eigenvalue weighted by molar-refractivity contribution is 4.77. The Morgan fingerprint density at radius 1 is 1.31 bits per heavy atom. The van der Waals surface area contributed by atoms with E-state index >= 15 is 0 Å². The third-order valence-electron chi connectivity index (χ3n) is 2.06. The van der Waals surface area contributed by atoms with Crippen molar-refractivity contribution in [3.05, 3.63) is 0 Å². The molecular formula is C10H21F2N. The maximum atomic E-state index is 11.9. The van der Waals surface area contributed by atoms with Gasteiger partial charge in [-0.3, -0.25) is 4.90 Å². The summed E-state index contributed by atoms with van der Waals surface area (Å²) in [5.74, 6) is 0.716. The Labute approximate surface area is 80.1 Å². The first kappa shape index (κ1) is 12.8. The van der Waals surface area contributed by atoms with Gasteiger partial charge >= 0.3 is 0 Å². The molecule has 13 heavy (non-hydrogen) atoms. The van der Waals surface area contributed by atoms with Crippen LogP contribution in [0.1, 0.15) is 33.6 Å². The van der Waals surface area contributed by atoms with E-state index in [4.69, 9.17) is 0 Å². The molecule has 0 N–H and O–H groups in total. The summed E-state index contributed by atoms with van der Waals surface area (Å²) in [6.45, 7) is 7.51. The lowest BCUT2D eigenvalue weighted by molar-refractivity contribution is 0.0886. The van der Waals surface area contributed by atoms with E-state index in [1.807, 2.05) is 25.7 Å². The zero-order chi connectivity index (χ0) is 10.3. The molecule has 0 aromatic heterocycles. The van der Waals surface area contributed by atoms with Crippen molar-refractivity contribution in [3.8, 4) is 0 Å². The Bertz CT molecular complexity index is 109. The molecule has 0 atom stereocenters. The molecule has 80 valence electrons. The second kappa shape index (κ2) is 7.25. The molecule has 3 heteroatoms. The molecule has 1 saturated carbocycles. The lowest BCUT2D eigenvalue weighted by atomic mass is 10.3. The van der Waals surface area contributed by atoms with E-state index in [2.05, 4.69) is 0 Å². The van der Waals surface area contributed by atoms with Crippen molar-refractivity contribution < 1.29 is 8.78 Å². The highest BCUT2D eigenvalue weighted by Crippen LogP contribution is 2.29. The van der Waals surface area contributed by atoms with Crippen molar-refractivity contribution in [2.75, 3.05) is 19.6 Å². The van der Waals surface area contributed by atoms with Crippen molar-refractivity contribution in [1.82, 2.24) is 4.90 Å². The Balaban J connectivity index is 0.000000671. The summed E-state index contributed by atoms with van der Waals surface area (Å²) in [6, 6.07) is 0. The van der Waals surface area contributed by atoms with E-state index < -0.39 is 6.43 Å². The Kier molecular flexibility index (Phi) is 7.14. The molecule has 0 heterocycles. The second-order valence-electron chi connectivity index (χ2n) is 3.19. The molecule has 0 saturated heterocycles. The molecule has 0 amide bonds. The summed E-state index contributed by atoms with van der Waals surface area (Å²) in [5, 5.41) is 0. The monoisotopic (exact) mass is 193 g/mol. The molecular weight excluding hydrogens is 172 g/mol. The van der Waals surface area contributed by atoms with Gasteiger partial charge in [0.05, 0.1) is 6.54 Å². The van der Waals surface area contributed by atoms with E-state index in [1.165, 1.54) is 12.8 Å². The summed E-state index contributed by atoms with van der Waals surface area (Å²) < 4.78 is 23.8. The molecule has 1 aliphatic rings. The number of nitrogens with zero attached hydrogens (tertiary/aromatic N) is 1. The third-order valence-corrected chi connectivity index (χ3v) is 2.06. The third kappa shape index (κ3) is 6.94. The molecule has 1 rings (SSSR count). The van der Waals surface area contributed by atoms with Crippen molar-refractivity contribution in [2.24, 2.45) is 5.92 Å². The summed E-state index contributed by atoms with van der Waals surface area (Å²) >= 11 is 0. The van der Waals surface area contributed by atoms with Crippen molar-refractivity contribution in [1.29, 1.82) is 0 Å². The maximum Gasteiger partial charge on any atom is 0.251 e. The Hall–Kier alpha value is -0.180. The molecule has 0 bridgehead atoms. The molecule has 0 aromatic carbocycles. The minimum atomic E-state index is -2.17. The van der Waals surface area contributed by atoms with Crippen LogP contribution in [0.5, 0.6) is 0 Å². The van der Waals surface area contributed by atoms with Gasteiger partial charge < -0.3 is 0 Å². The van der Waals surface area contributed by atoms with Crippen molar-refractivity contribution in [3.63, 3.8) is 0 Å². The van der Waals surface area contributed by atoms with Gasteiger partial charge in [0.25, 0.3) is 6.43 Å². The van der Waals surface area contributed by atoms with Gasteiger partial charge in [-0.2, -0.15) is 0 Å². The quantitative estimate of drug-likeness (QED) is 0.648. The molecule has 0 unspecified atom stereocenters. The SMILES string of the molecule is CC.CCN(CC(F)F)CC1CC1. The normalized spacial score (nSPS) is 15.9. The number of halogens is 2. The summed E-state index contributed by atoms with van der Waals surface area (Å²) in [4.78, 5) is 1.84. The van der Waals surface area contributed by atoms with Crippen LogP contribution >= 0.6 is 0 Å². The Morgan fingerprint density at radius 2 is 1.85 bits per heavy atom. The van der Waals surface area contributed by atoms with E-state index in [9.17, 15) is 8.78 Å². The smallest absolute Gasteiger partial charge is 0.251 e. The van der Waals surface area contributed by atoms with Crippen LogP contribution in [0.4, 0.5) is 8.78 Å². The van der Waals surface area contributed by atoms with E-state index in [-0.39, 0.29) is 6.54 Å². The highest BCUT2D eigenvalue weighted by atomic mass is 19.3. The minimum absolute atomic E-state index is 0.0486. The van der Waals surface area contributed by atoms with Crippen molar-refractivity contribution in [2.45, 2.75) is 40.0 Å². The fourth-order valence-corrected chi connectivity index (χ4v) is 1.19. The van der Waals surface area contributed by atoms with Crippen molar-refractivity contribution >= 4 is 0 Å². The minimum Gasteiger partial charge on any atom is -0.298 e. The van der Waals surface area contributed by atoms with Gasteiger partial charge in [-0.1, -0.05) is 20.8 Å². The molecule has 0 aliphatic heterocycles. The highest BCUT2D eigenvalue weighted by Gasteiger charge is 2.24. The maximum absolute atomic E-state index is 11.9. The first-order chi connectivity index (χ1) is 6.22. The fraction of sp³-hybridized carbons (Fsp3) is 1.00. The zero-order valence-corrected chi connectivity index (χ0v) is 8.89. The summed E-state index contributed by atoms with van der Waals surface area (Å²) in [7, 11) is 0. The van der Waals surface area contributed by atoms with Crippen LogP contribution in [-0.2, 0) is 0 Å². The van der Waals surface area contributed by atoms with Crippen LogP contribution in [0.15, 0.2) is 0 Å². The number of hydrogen-bond acceptors (Lipinski definition) is 1. The summed E-state index contributed by atoms with van der Waals surface area (Å²) in [6.07, 6.45) is 0.299. The standard InChI is InChI=1S/C8H15F2N.C2H6/c1-2-11(6-8(9)10)5-7-3-4-7;1-2/h7-8H,2-6H2,1H3;1-2H3. The molecule has 0 radical (unpaired) electrons. The number of alkyl halides is 2. The van der Waals surface area contributed by atoms with Crippen LogP contribution in [0.3, 0.4) is 0 Å². The lowest BCUT2D eigenvalue weighted by Gasteiger charge is -2.18. The van der Waals surface area contributed by atoms with E-state index in [1.54, 1.807) is 0 Å². The van der Waals surface area contributed by atoms with Gasteiger partial charge in [-0.15, -0.1) is 0 Å². The molecule has 0 spiro atoms. The fourth-order valence-electron chi connectivity index (χ4n) is 1.19. The van der Waals surface area contributed by atoms with Gasteiger partial charge in [-0.05, 0) is 25.3 Å². The number of rotatable bonds is 5. The molecule has 1 fully saturated rings. The van der Waals surface area contributed by atoms with Crippen LogP contribution < -0.4 is 0 Å². The van der Waals surface area contributed by atoms with Gasteiger partial charge in [0.2, 0.25) is 0 Å². The van der Waals surface area contributed by atoms with Crippen LogP contribution in [0.25, 0.3) is 0 Å². The van der Waals surface area contributed by atoms with Gasteiger partial charge in [0, 0.05) is 6.54 Å². The Morgan fingerprint density at radius 3 is 2.15 bits per heavy atom.